The second-order valence-electron chi connectivity index (χ2n) is 24.9. The van der Waals surface area contributed by atoms with Crippen LogP contribution in [0.3, 0.4) is 0 Å². The van der Waals surface area contributed by atoms with E-state index in [4.69, 9.17) is 42.6 Å². The van der Waals surface area contributed by atoms with E-state index >= 15 is 0 Å². The third kappa shape index (κ3) is 57.1. The van der Waals surface area contributed by atoms with Crippen LogP contribution in [0, 0.1) is 0 Å². The molecule has 524 valence electrons. The second-order valence-corrected chi connectivity index (χ2v) is 24.9. The number of carbonyl (C=O) groups is 6. The third-order valence-corrected chi connectivity index (χ3v) is 15.9. The van der Waals surface area contributed by atoms with Crippen molar-refractivity contribution in [3.05, 3.63) is 0 Å². The Balaban J connectivity index is 5.67. The Morgan fingerprint density at radius 3 is 1.04 bits per heavy atom. The molecule has 0 aromatic carbocycles. The van der Waals surface area contributed by atoms with E-state index in [1.165, 1.54) is 103 Å². The fourth-order valence-corrected chi connectivity index (χ4v) is 10.3. The number of unbranched alkanes of at least 4 members (excludes halogenated alkanes) is 25. The summed E-state index contributed by atoms with van der Waals surface area (Å²) in [7, 11) is 3.88. The Hall–Kier alpha value is -3.38. The number of hydrogen-bond acceptors (Lipinski definition) is 16. The van der Waals surface area contributed by atoms with Gasteiger partial charge < -0.3 is 52.4 Å². The minimum Gasteiger partial charge on any atom is -0.466 e. The molecule has 1 amide bonds. The molecule has 89 heavy (non-hydrogen) atoms. The Bertz CT molecular complexity index is 1540. The zero-order valence-corrected chi connectivity index (χ0v) is 58.5. The van der Waals surface area contributed by atoms with E-state index in [1.54, 1.807) is 4.90 Å². The van der Waals surface area contributed by atoms with E-state index in [1.807, 2.05) is 19.0 Å². The van der Waals surface area contributed by atoms with Gasteiger partial charge in [0.1, 0.15) is 19.3 Å². The zero-order chi connectivity index (χ0) is 65.5. The molecule has 17 heteroatoms. The highest BCUT2D eigenvalue weighted by Gasteiger charge is 2.28. The van der Waals surface area contributed by atoms with Gasteiger partial charge in [-0.25, -0.2) is 0 Å². The molecule has 0 N–H and O–H groups in total. The molecule has 0 fully saturated rings. The number of nitrogens with zero attached hydrogens (tertiary/aromatic N) is 2. The highest BCUT2D eigenvalue weighted by molar-refractivity contribution is 5.82. The van der Waals surface area contributed by atoms with Gasteiger partial charge >= 0.3 is 29.8 Å². The van der Waals surface area contributed by atoms with Crippen LogP contribution in [0.15, 0.2) is 0 Å². The number of amides is 1. The predicted molar refractivity (Wildman–Crippen MR) is 356 cm³/mol. The number of carbonyl (C=O) groups excluding carboxylic acids is 6. The normalized spacial score (nSPS) is 11.9. The summed E-state index contributed by atoms with van der Waals surface area (Å²) in [5, 5.41) is 0. The second kappa shape index (κ2) is 64.7. The minimum atomic E-state index is -0.830. The minimum absolute atomic E-state index is 0.0493. The van der Waals surface area contributed by atoms with Crippen LogP contribution in [0.5, 0.6) is 0 Å². The summed E-state index contributed by atoms with van der Waals surface area (Å²) < 4.78 is 53.0. The Kier molecular flexibility index (Phi) is 62.3. The summed E-state index contributed by atoms with van der Waals surface area (Å²) in [6, 6.07) is -0.830. The lowest BCUT2D eigenvalue weighted by molar-refractivity contribution is -0.159. The largest absolute Gasteiger partial charge is 0.466 e. The fraction of sp³-hybridized carbons (Fsp3) is 0.917. The summed E-state index contributed by atoms with van der Waals surface area (Å²) in [4.78, 5) is 83.3. The monoisotopic (exact) mass is 1270 g/mol. The molecule has 0 aromatic rings. The molecule has 0 saturated heterocycles. The molecule has 1 unspecified atom stereocenters. The van der Waals surface area contributed by atoms with Gasteiger partial charge in [-0.1, -0.05) is 196 Å². The molecule has 0 aliphatic rings. The first-order valence-corrected chi connectivity index (χ1v) is 36.6. The molecular weight excluding hydrogens is 1130 g/mol. The highest BCUT2D eigenvalue weighted by Crippen LogP contribution is 2.19. The van der Waals surface area contributed by atoms with Crippen molar-refractivity contribution in [2.24, 2.45) is 0 Å². The predicted octanol–water partition coefficient (Wildman–Crippen LogP) is 16.8. The summed E-state index contributed by atoms with van der Waals surface area (Å²) in [5.74, 6) is -2.46. The topological polar surface area (TPSA) is 192 Å². The van der Waals surface area contributed by atoms with Crippen LogP contribution < -0.4 is 0 Å². The van der Waals surface area contributed by atoms with Crippen molar-refractivity contribution < 1.29 is 71.4 Å². The van der Waals surface area contributed by atoms with Gasteiger partial charge in [0.25, 0.3) is 0 Å². The molecule has 17 nitrogen and oxygen atoms in total. The van der Waals surface area contributed by atoms with Gasteiger partial charge in [-0.2, -0.15) is 0 Å². The first-order chi connectivity index (χ1) is 43.3. The Morgan fingerprint density at radius 1 is 0.303 bits per heavy atom. The smallest absolute Gasteiger partial charge is 0.306 e. The van der Waals surface area contributed by atoms with Crippen molar-refractivity contribution in [1.29, 1.82) is 0 Å². The van der Waals surface area contributed by atoms with Crippen LogP contribution in [-0.2, 0) is 71.4 Å². The lowest BCUT2D eigenvalue weighted by Gasteiger charge is -2.32. The van der Waals surface area contributed by atoms with Gasteiger partial charge in [-0.05, 0) is 97.7 Å². The van der Waals surface area contributed by atoms with Crippen molar-refractivity contribution in [2.45, 2.75) is 349 Å². The molecule has 0 heterocycles. The van der Waals surface area contributed by atoms with Crippen molar-refractivity contribution in [2.75, 3.05) is 80.0 Å². The lowest BCUT2D eigenvalue weighted by Crippen LogP contribution is -2.47. The number of rotatable bonds is 68. The maximum absolute atomic E-state index is 14.2. The standard InChI is InChI=1S/C72H136N2O15/c1-9-15-20-25-29-36-57-83-71(84-58-37-30-26-21-16-10-2)51-49-68(78)81-55-40-34-45-66(76)87-61-63(74(54-42-53-73(7)8)65(75)47-48-70(80)89-64(43-14-6)44-33-24-19-13-5)62-88-67(77)46-35-41-56-82-69(79)50-52-72(85-59-38-31-27-22-17-11-3)86-60-39-32-28-23-18-12-4/h63-64,71-72H,9-62H2,1-8H3. The van der Waals surface area contributed by atoms with Crippen LogP contribution in [0.1, 0.15) is 324 Å². The highest BCUT2D eigenvalue weighted by atomic mass is 16.7. The van der Waals surface area contributed by atoms with E-state index < -0.39 is 36.5 Å². The Morgan fingerprint density at radius 2 is 0.663 bits per heavy atom. The van der Waals surface area contributed by atoms with E-state index in [0.29, 0.717) is 77.9 Å². The van der Waals surface area contributed by atoms with Gasteiger partial charge in [0.2, 0.25) is 5.91 Å². The molecule has 0 bridgehead atoms. The SMILES string of the molecule is CCCCCCCCOC(CCC(=O)OCCCCC(=O)OCC(COC(=O)CCCCOC(=O)CCC(OCCCCCCCC)OCCCCCCCC)N(CCCN(C)C)C(=O)CCC(=O)OC(CCC)CCCCCC)OCCCCCCCC. The average molecular weight is 1270 g/mol. The first kappa shape index (κ1) is 85.6. The summed E-state index contributed by atoms with van der Waals surface area (Å²) in [6.07, 6.45) is 36.7. The molecule has 1 atom stereocenters. The zero-order valence-electron chi connectivity index (χ0n) is 58.5. The molecule has 0 spiro atoms. The number of ether oxygens (including phenoxy) is 9. The van der Waals surface area contributed by atoms with Gasteiger partial charge in [0.15, 0.2) is 12.6 Å². The average Bonchev–Trinajstić information content (AvgIpc) is 3.34. The van der Waals surface area contributed by atoms with E-state index in [-0.39, 0.29) is 95.4 Å². The first-order valence-electron chi connectivity index (χ1n) is 36.6. The maximum atomic E-state index is 14.2. The summed E-state index contributed by atoms with van der Waals surface area (Å²) in [5.41, 5.74) is 0. The number of hydrogen-bond donors (Lipinski definition) is 0. The summed E-state index contributed by atoms with van der Waals surface area (Å²) >= 11 is 0. The fourth-order valence-electron chi connectivity index (χ4n) is 10.3. The van der Waals surface area contributed by atoms with Crippen LogP contribution >= 0.6 is 0 Å². The molecule has 0 aliphatic carbocycles. The number of esters is 5. The van der Waals surface area contributed by atoms with E-state index in [2.05, 4.69) is 41.5 Å². The summed E-state index contributed by atoms with van der Waals surface area (Å²) in [6.45, 7) is 16.2. The Labute approximate surface area is 543 Å². The third-order valence-electron chi connectivity index (χ3n) is 15.9. The van der Waals surface area contributed by atoms with E-state index in [0.717, 1.165) is 96.3 Å². The quantitative estimate of drug-likeness (QED) is 0.0241. The van der Waals surface area contributed by atoms with Gasteiger partial charge in [-0.3, -0.25) is 28.8 Å². The van der Waals surface area contributed by atoms with Crippen LogP contribution in [0.25, 0.3) is 0 Å². The van der Waals surface area contributed by atoms with Crippen LogP contribution in [0.2, 0.25) is 0 Å². The molecular formula is C72H136N2O15. The van der Waals surface area contributed by atoms with Crippen LogP contribution in [0.4, 0.5) is 0 Å². The van der Waals surface area contributed by atoms with Crippen molar-refractivity contribution >= 4 is 35.8 Å². The molecule has 0 aliphatic heterocycles. The van der Waals surface area contributed by atoms with Crippen LogP contribution in [-0.4, -0.2) is 150 Å². The van der Waals surface area contributed by atoms with E-state index in [9.17, 15) is 28.8 Å². The van der Waals surface area contributed by atoms with Crippen molar-refractivity contribution in [3.8, 4) is 0 Å². The maximum Gasteiger partial charge on any atom is 0.306 e. The van der Waals surface area contributed by atoms with Crippen molar-refractivity contribution in [1.82, 2.24) is 9.80 Å². The van der Waals surface area contributed by atoms with Crippen molar-refractivity contribution in [3.63, 3.8) is 0 Å². The van der Waals surface area contributed by atoms with Gasteiger partial charge in [0, 0.05) is 65.1 Å². The molecule has 0 radical (unpaired) electrons. The molecule has 0 aromatic heterocycles. The van der Waals surface area contributed by atoms with Gasteiger partial charge in [0.05, 0.1) is 38.5 Å². The lowest BCUT2D eigenvalue weighted by atomic mass is 10.1. The molecule has 0 rings (SSSR count). The van der Waals surface area contributed by atoms with Gasteiger partial charge in [-0.15, -0.1) is 0 Å². The molecule has 0 saturated carbocycles.